The zero-order valence-electron chi connectivity index (χ0n) is 18.8. The number of para-hydroxylation sites is 1. The fourth-order valence-electron chi connectivity index (χ4n) is 6.00. The van der Waals surface area contributed by atoms with E-state index in [0.717, 1.165) is 16.8 Å². The first kappa shape index (κ1) is 20.7. The first-order chi connectivity index (χ1) is 15.2. The second-order valence-electron chi connectivity index (χ2n) is 10.0. The largest absolute Gasteiger partial charge is 0.460 e. The lowest BCUT2D eigenvalue weighted by Gasteiger charge is -2.40. The molecule has 2 aromatic rings. The molecule has 4 atom stereocenters. The second-order valence-corrected chi connectivity index (χ2v) is 10.0. The molecule has 32 heavy (non-hydrogen) atoms. The highest BCUT2D eigenvalue weighted by Crippen LogP contribution is 2.65. The molecule has 1 spiro atoms. The van der Waals surface area contributed by atoms with Crippen molar-refractivity contribution in [1.29, 1.82) is 0 Å². The molecule has 2 bridgehead atoms. The summed E-state index contributed by atoms with van der Waals surface area (Å²) < 4.78 is 5.78. The number of carbonyl (C=O) groups excluding carboxylic acids is 3. The summed E-state index contributed by atoms with van der Waals surface area (Å²) in [6.45, 7) is 5.43. The molecule has 1 heterocycles. The third-order valence-corrected chi connectivity index (χ3v) is 7.08. The summed E-state index contributed by atoms with van der Waals surface area (Å²) in [5.74, 6) is -2.39. The number of rotatable bonds is 2. The second kappa shape index (κ2) is 6.89. The van der Waals surface area contributed by atoms with Gasteiger partial charge in [-0.1, -0.05) is 48.5 Å². The fraction of sp³-hybridized carbons (Fsp3) is 0.370. The van der Waals surface area contributed by atoms with Crippen molar-refractivity contribution in [3.8, 4) is 0 Å². The molecule has 5 nitrogen and oxygen atoms in total. The van der Waals surface area contributed by atoms with E-state index in [1.165, 1.54) is 0 Å². The van der Waals surface area contributed by atoms with Crippen molar-refractivity contribution in [2.45, 2.75) is 38.2 Å². The van der Waals surface area contributed by atoms with Crippen molar-refractivity contribution in [1.82, 2.24) is 0 Å². The molecule has 5 heteroatoms. The molecule has 2 aromatic carbocycles. The Hall–Kier alpha value is -3.21. The van der Waals surface area contributed by atoms with Crippen LogP contribution in [0.1, 0.15) is 38.3 Å². The molecule has 0 aromatic heterocycles. The lowest BCUT2D eigenvalue weighted by atomic mass is 9.60. The Morgan fingerprint density at radius 3 is 2.41 bits per heavy atom. The molecule has 5 rings (SSSR count). The number of amides is 1. The predicted octanol–water partition coefficient (Wildman–Crippen LogP) is 4.16. The van der Waals surface area contributed by atoms with Gasteiger partial charge in [0.15, 0.2) is 5.78 Å². The Kier molecular flexibility index (Phi) is 4.45. The van der Waals surface area contributed by atoms with E-state index in [1.54, 1.807) is 11.9 Å². The van der Waals surface area contributed by atoms with Crippen LogP contribution in [-0.4, -0.2) is 30.3 Å². The molecule has 3 aliphatic rings. The average molecular weight is 430 g/mol. The highest BCUT2D eigenvalue weighted by molar-refractivity contribution is 6.17. The minimum atomic E-state index is -1.12. The molecule has 164 valence electrons. The molecule has 0 radical (unpaired) electrons. The number of ketones is 1. The summed E-state index contributed by atoms with van der Waals surface area (Å²) in [5.41, 5.74) is 1.34. The molecule has 1 amide bonds. The van der Waals surface area contributed by atoms with Crippen LogP contribution in [0, 0.1) is 17.8 Å². The number of benzene rings is 2. The van der Waals surface area contributed by atoms with E-state index in [1.807, 2.05) is 81.4 Å². The Morgan fingerprint density at radius 2 is 1.72 bits per heavy atom. The maximum absolute atomic E-state index is 13.9. The van der Waals surface area contributed by atoms with Gasteiger partial charge in [-0.3, -0.25) is 14.4 Å². The van der Waals surface area contributed by atoms with Crippen molar-refractivity contribution in [3.05, 3.63) is 71.3 Å². The highest BCUT2D eigenvalue weighted by atomic mass is 16.6. The van der Waals surface area contributed by atoms with E-state index in [9.17, 15) is 14.4 Å². The van der Waals surface area contributed by atoms with Crippen molar-refractivity contribution < 1.29 is 19.1 Å². The number of hydrogen-bond acceptors (Lipinski definition) is 4. The van der Waals surface area contributed by atoms with Crippen LogP contribution in [0.3, 0.4) is 0 Å². The summed E-state index contributed by atoms with van der Waals surface area (Å²) in [5, 5.41) is 0. The normalized spacial score (nSPS) is 29.8. The monoisotopic (exact) mass is 429 g/mol. The molecule has 0 saturated heterocycles. The first-order valence-corrected chi connectivity index (χ1v) is 11.1. The van der Waals surface area contributed by atoms with E-state index in [2.05, 4.69) is 0 Å². The van der Waals surface area contributed by atoms with Gasteiger partial charge in [-0.2, -0.15) is 0 Å². The van der Waals surface area contributed by atoms with Gasteiger partial charge in [-0.25, -0.2) is 0 Å². The Bertz CT molecular complexity index is 1160. The highest BCUT2D eigenvalue weighted by Gasteiger charge is 2.73. The summed E-state index contributed by atoms with van der Waals surface area (Å²) in [6.07, 6.45) is 2.38. The third kappa shape index (κ3) is 2.73. The Labute approximate surface area is 188 Å². The van der Waals surface area contributed by atoms with E-state index in [-0.39, 0.29) is 17.6 Å². The number of nitrogens with zero attached hydrogens (tertiary/aromatic N) is 1. The number of anilines is 1. The number of ether oxygens (including phenoxy) is 1. The molecule has 2 aliphatic carbocycles. The maximum Gasteiger partial charge on any atom is 0.311 e. The van der Waals surface area contributed by atoms with E-state index >= 15 is 0 Å². The van der Waals surface area contributed by atoms with Crippen LogP contribution in [0.25, 0.3) is 6.08 Å². The smallest absolute Gasteiger partial charge is 0.311 e. The van der Waals surface area contributed by atoms with Gasteiger partial charge < -0.3 is 9.64 Å². The van der Waals surface area contributed by atoms with E-state index in [0.29, 0.717) is 12.0 Å². The predicted molar refractivity (Wildman–Crippen MR) is 122 cm³/mol. The van der Waals surface area contributed by atoms with Gasteiger partial charge in [-0.15, -0.1) is 0 Å². The summed E-state index contributed by atoms with van der Waals surface area (Å²) in [6, 6.07) is 17.3. The summed E-state index contributed by atoms with van der Waals surface area (Å²) in [7, 11) is 1.75. The molecule has 0 N–H and O–H groups in total. The van der Waals surface area contributed by atoms with Gasteiger partial charge in [0.05, 0.1) is 11.3 Å². The third-order valence-electron chi connectivity index (χ3n) is 7.08. The van der Waals surface area contributed by atoms with Gasteiger partial charge in [0.2, 0.25) is 5.91 Å². The van der Waals surface area contributed by atoms with Crippen LogP contribution in [0.2, 0.25) is 0 Å². The lowest BCUT2D eigenvalue weighted by Crippen LogP contribution is -2.54. The number of hydrogen-bond donors (Lipinski definition) is 0. The van der Waals surface area contributed by atoms with Crippen LogP contribution >= 0.6 is 0 Å². The van der Waals surface area contributed by atoms with E-state index in [4.69, 9.17) is 4.74 Å². The van der Waals surface area contributed by atoms with Gasteiger partial charge in [0, 0.05) is 30.1 Å². The van der Waals surface area contributed by atoms with Gasteiger partial charge in [0.25, 0.3) is 0 Å². The van der Waals surface area contributed by atoms with Crippen molar-refractivity contribution in [2.24, 2.45) is 17.8 Å². The molecular weight excluding hydrogens is 402 g/mol. The van der Waals surface area contributed by atoms with Gasteiger partial charge >= 0.3 is 5.97 Å². The molecular formula is C27H27NO4. The molecule has 1 aliphatic heterocycles. The summed E-state index contributed by atoms with van der Waals surface area (Å²) in [4.78, 5) is 42.6. The topological polar surface area (TPSA) is 63.7 Å². The number of fused-ring (bicyclic) bond motifs is 5. The lowest BCUT2D eigenvalue weighted by molar-refractivity contribution is -0.167. The van der Waals surface area contributed by atoms with Crippen LogP contribution in [0.4, 0.5) is 5.69 Å². The SMILES string of the molecule is CN1C(=O)[C@@]2(c3ccccc31)[C@H](C(=O)OC(C)(C)C)[C@@H]1C[C@H]2/C(=C\c2ccccc2)C1=O. The minimum absolute atomic E-state index is 0.0415. The van der Waals surface area contributed by atoms with Crippen molar-refractivity contribution in [3.63, 3.8) is 0 Å². The van der Waals surface area contributed by atoms with Crippen molar-refractivity contribution in [2.75, 3.05) is 11.9 Å². The molecule has 0 unspecified atom stereocenters. The van der Waals surface area contributed by atoms with Crippen LogP contribution < -0.4 is 4.90 Å². The number of carbonyl (C=O) groups is 3. The first-order valence-electron chi connectivity index (χ1n) is 11.1. The van der Waals surface area contributed by atoms with Gasteiger partial charge in [-0.05, 0) is 50.5 Å². The summed E-state index contributed by atoms with van der Waals surface area (Å²) >= 11 is 0. The Balaban J connectivity index is 1.72. The quantitative estimate of drug-likeness (QED) is 0.531. The number of likely N-dealkylation sites (N-methyl/N-ethyl adjacent to an activating group) is 1. The fourth-order valence-corrected chi connectivity index (χ4v) is 6.00. The number of allylic oxidation sites excluding steroid dienone is 1. The number of esters is 1. The average Bonchev–Trinajstić information content (AvgIpc) is 3.33. The van der Waals surface area contributed by atoms with E-state index < -0.39 is 28.8 Å². The maximum atomic E-state index is 13.9. The minimum Gasteiger partial charge on any atom is -0.460 e. The zero-order chi connectivity index (χ0) is 22.8. The standard InChI is InChI=1S/C27H27NO4/c1-26(2,3)32-24(30)22-18-15-20(17(23(18)29)14-16-10-6-5-7-11-16)27(22)19-12-8-9-13-21(19)28(4)25(27)31/h5-14,18,20,22H,15H2,1-4H3/b17-14+/t18-,20-,22-,27+/m0/s1. The van der Waals surface area contributed by atoms with Crippen molar-refractivity contribution >= 4 is 29.4 Å². The van der Waals surface area contributed by atoms with Gasteiger partial charge in [0.1, 0.15) is 5.60 Å². The van der Waals surface area contributed by atoms with Crippen LogP contribution in [-0.2, 0) is 24.5 Å². The molecule has 2 saturated carbocycles. The molecule has 2 fully saturated rings. The van der Waals surface area contributed by atoms with Crippen LogP contribution in [0.15, 0.2) is 60.2 Å². The Morgan fingerprint density at radius 1 is 1.06 bits per heavy atom. The van der Waals surface area contributed by atoms with Crippen LogP contribution in [0.5, 0.6) is 0 Å². The number of Topliss-reactive ketones (excluding diaryl/α,β-unsaturated/α-hetero) is 1. The zero-order valence-corrected chi connectivity index (χ0v) is 18.8.